The van der Waals surface area contributed by atoms with Crippen molar-refractivity contribution in [2.75, 3.05) is 26.7 Å². The first-order valence-electron chi connectivity index (χ1n) is 8.38. The van der Waals surface area contributed by atoms with E-state index < -0.39 is 0 Å². The van der Waals surface area contributed by atoms with Gasteiger partial charge in [0, 0.05) is 45.1 Å². The quantitative estimate of drug-likeness (QED) is 0.639. The van der Waals surface area contributed by atoms with Crippen LogP contribution in [0.3, 0.4) is 0 Å². The molecule has 1 aliphatic rings. The summed E-state index contributed by atoms with van der Waals surface area (Å²) in [7, 11) is 1.78. The second kappa shape index (κ2) is 8.60. The SMILES string of the molecule is CN=C(NCCc1ccco1)NC1CCN(C(=O)C(C)C)CC1. The number of hydrogen-bond acceptors (Lipinski definition) is 3. The summed E-state index contributed by atoms with van der Waals surface area (Å²) in [5, 5.41) is 6.75. The second-order valence-electron chi connectivity index (χ2n) is 6.23. The van der Waals surface area contributed by atoms with Crippen LogP contribution in [0.4, 0.5) is 0 Å². The van der Waals surface area contributed by atoms with E-state index in [1.807, 2.05) is 30.9 Å². The van der Waals surface area contributed by atoms with Gasteiger partial charge in [0.2, 0.25) is 5.91 Å². The number of carbonyl (C=O) groups excluding carboxylic acids is 1. The molecule has 0 aromatic carbocycles. The number of furan rings is 1. The molecule has 2 N–H and O–H groups in total. The van der Waals surface area contributed by atoms with Crippen LogP contribution in [0.2, 0.25) is 0 Å². The predicted octanol–water partition coefficient (Wildman–Crippen LogP) is 1.63. The van der Waals surface area contributed by atoms with Crippen molar-refractivity contribution in [1.29, 1.82) is 0 Å². The molecule has 0 radical (unpaired) electrons. The fraction of sp³-hybridized carbons (Fsp3) is 0.647. The highest BCUT2D eigenvalue weighted by Gasteiger charge is 2.24. The maximum absolute atomic E-state index is 12.0. The maximum atomic E-state index is 12.0. The minimum absolute atomic E-state index is 0.0792. The molecular weight excluding hydrogens is 292 g/mol. The van der Waals surface area contributed by atoms with Crippen LogP contribution in [0.1, 0.15) is 32.4 Å². The number of likely N-dealkylation sites (tertiary alicyclic amines) is 1. The monoisotopic (exact) mass is 320 g/mol. The van der Waals surface area contributed by atoms with Crippen molar-refractivity contribution in [3.63, 3.8) is 0 Å². The number of rotatable bonds is 5. The fourth-order valence-corrected chi connectivity index (χ4v) is 2.76. The predicted molar refractivity (Wildman–Crippen MR) is 91.3 cm³/mol. The Balaban J connectivity index is 1.70. The van der Waals surface area contributed by atoms with E-state index in [0.717, 1.165) is 50.6 Å². The van der Waals surface area contributed by atoms with Crippen LogP contribution >= 0.6 is 0 Å². The highest BCUT2D eigenvalue weighted by molar-refractivity contribution is 5.80. The Labute approximate surface area is 138 Å². The Morgan fingerprint density at radius 3 is 2.74 bits per heavy atom. The van der Waals surface area contributed by atoms with Crippen molar-refractivity contribution >= 4 is 11.9 Å². The van der Waals surface area contributed by atoms with E-state index in [9.17, 15) is 4.79 Å². The molecular formula is C17H28N4O2. The lowest BCUT2D eigenvalue weighted by Gasteiger charge is -2.34. The van der Waals surface area contributed by atoms with E-state index in [-0.39, 0.29) is 11.8 Å². The Morgan fingerprint density at radius 2 is 2.17 bits per heavy atom. The average Bonchev–Trinajstić information content (AvgIpc) is 3.07. The zero-order chi connectivity index (χ0) is 16.7. The summed E-state index contributed by atoms with van der Waals surface area (Å²) < 4.78 is 5.31. The zero-order valence-corrected chi connectivity index (χ0v) is 14.3. The minimum Gasteiger partial charge on any atom is -0.469 e. The molecule has 2 heterocycles. The van der Waals surface area contributed by atoms with Crippen molar-refractivity contribution in [1.82, 2.24) is 15.5 Å². The van der Waals surface area contributed by atoms with Crippen molar-refractivity contribution in [3.05, 3.63) is 24.2 Å². The summed E-state index contributed by atoms with van der Waals surface area (Å²) in [5.41, 5.74) is 0. The summed E-state index contributed by atoms with van der Waals surface area (Å²) in [4.78, 5) is 18.2. The molecule has 1 aromatic rings. The van der Waals surface area contributed by atoms with Gasteiger partial charge in [-0.15, -0.1) is 0 Å². The third-order valence-electron chi connectivity index (χ3n) is 4.11. The van der Waals surface area contributed by atoms with Crippen LogP contribution < -0.4 is 10.6 Å². The normalized spacial score (nSPS) is 16.7. The fourth-order valence-electron chi connectivity index (χ4n) is 2.76. The molecule has 6 nitrogen and oxygen atoms in total. The summed E-state index contributed by atoms with van der Waals surface area (Å²) in [6.45, 7) is 6.32. The number of nitrogens with zero attached hydrogens (tertiary/aromatic N) is 2. The number of guanidine groups is 1. The van der Waals surface area contributed by atoms with E-state index >= 15 is 0 Å². The van der Waals surface area contributed by atoms with Gasteiger partial charge in [0.05, 0.1) is 6.26 Å². The highest BCUT2D eigenvalue weighted by atomic mass is 16.3. The van der Waals surface area contributed by atoms with Crippen LogP contribution in [0.25, 0.3) is 0 Å². The van der Waals surface area contributed by atoms with Crippen molar-refractivity contribution in [3.8, 4) is 0 Å². The molecule has 128 valence electrons. The molecule has 1 saturated heterocycles. The van der Waals surface area contributed by atoms with Gasteiger partial charge in [-0.3, -0.25) is 9.79 Å². The molecule has 2 rings (SSSR count). The highest BCUT2D eigenvalue weighted by Crippen LogP contribution is 2.13. The Kier molecular flexibility index (Phi) is 6.50. The van der Waals surface area contributed by atoms with Gasteiger partial charge in [-0.05, 0) is 25.0 Å². The minimum atomic E-state index is 0.0792. The molecule has 1 aliphatic heterocycles. The summed E-state index contributed by atoms with van der Waals surface area (Å²) in [6, 6.07) is 4.23. The lowest BCUT2D eigenvalue weighted by atomic mass is 10.0. The zero-order valence-electron chi connectivity index (χ0n) is 14.3. The Bertz CT molecular complexity index is 503. The van der Waals surface area contributed by atoms with E-state index in [1.54, 1.807) is 13.3 Å². The summed E-state index contributed by atoms with van der Waals surface area (Å²) >= 11 is 0. The Morgan fingerprint density at radius 1 is 1.43 bits per heavy atom. The second-order valence-corrected chi connectivity index (χ2v) is 6.23. The van der Waals surface area contributed by atoms with Crippen LogP contribution in [-0.4, -0.2) is 49.5 Å². The summed E-state index contributed by atoms with van der Waals surface area (Å²) in [5.74, 6) is 2.11. The van der Waals surface area contributed by atoms with Gasteiger partial charge in [0.15, 0.2) is 5.96 Å². The van der Waals surface area contributed by atoms with Crippen LogP contribution in [0.15, 0.2) is 27.8 Å². The standard InChI is InChI=1S/C17H28N4O2/c1-13(2)16(22)21-10-7-14(8-11-21)20-17(18-3)19-9-6-15-5-4-12-23-15/h4-5,12-14H,6-11H2,1-3H3,(H2,18,19,20). The van der Waals surface area contributed by atoms with E-state index in [1.165, 1.54) is 0 Å². The molecule has 6 heteroatoms. The molecule has 0 bridgehead atoms. The molecule has 0 atom stereocenters. The van der Waals surface area contributed by atoms with Crippen molar-refractivity contribution in [2.24, 2.45) is 10.9 Å². The largest absolute Gasteiger partial charge is 0.469 e. The number of amides is 1. The van der Waals surface area contributed by atoms with Gasteiger partial charge in [-0.1, -0.05) is 13.8 Å². The number of nitrogens with one attached hydrogen (secondary N) is 2. The van der Waals surface area contributed by atoms with Gasteiger partial charge in [-0.25, -0.2) is 0 Å². The molecule has 23 heavy (non-hydrogen) atoms. The van der Waals surface area contributed by atoms with Crippen LogP contribution in [0, 0.1) is 5.92 Å². The molecule has 1 fully saturated rings. The van der Waals surface area contributed by atoms with E-state index in [0.29, 0.717) is 6.04 Å². The topological polar surface area (TPSA) is 69.9 Å². The molecule has 1 aromatic heterocycles. The number of carbonyl (C=O) groups is 1. The first-order valence-corrected chi connectivity index (χ1v) is 8.38. The van der Waals surface area contributed by atoms with E-state index in [2.05, 4.69) is 15.6 Å². The number of piperidine rings is 1. The van der Waals surface area contributed by atoms with Gasteiger partial charge in [0.25, 0.3) is 0 Å². The Hall–Kier alpha value is -1.98. The first-order chi connectivity index (χ1) is 11.1. The van der Waals surface area contributed by atoms with Gasteiger partial charge in [0.1, 0.15) is 5.76 Å². The molecule has 0 unspecified atom stereocenters. The third-order valence-corrected chi connectivity index (χ3v) is 4.11. The van der Waals surface area contributed by atoms with Gasteiger partial charge < -0.3 is 20.0 Å². The van der Waals surface area contributed by atoms with Gasteiger partial charge in [-0.2, -0.15) is 0 Å². The lowest BCUT2D eigenvalue weighted by Crippen LogP contribution is -2.50. The lowest BCUT2D eigenvalue weighted by molar-refractivity contribution is -0.135. The first kappa shape index (κ1) is 17.4. The number of aliphatic imine (C=N–C) groups is 1. The molecule has 0 saturated carbocycles. The van der Waals surface area contributed by atoms with E-state index in [4.69, 9.17) is 4.42 Å². The number of hydrogen-bond donors (Lipinski definition) is 2. The molecule has 0 aliphatic carbocycles. The maximum Gasteiger partial charge on any atom is 0.225 e. The van der Waals surface area contributed by atoms with Crippen molar-refractivity contribution in [2.45, 2.75) is 39.2 Å². The van der Waals surface area contributed by atoms with Crippen molar-refractivity contribution < 1.29 is 9.21 Å². The third kappa shape index (κ3) is 5.30. The smallest absolute Gasteiger partial charge is 0.225 e. The van der Waals surface area contributed by atoms with Crippen LogP contribution in [0.5, 0.6) is 0 Å². The molecule has 0 spiro atoms. The molecule has 1 amide bonds. The van der Waals surface area contributed by atoms with Gasteiger partial charge >= 0.3 is 0 Å². The summed E-state index contributed by atoms with van der Waals surface area (Å²) in [6.07, 6.45) is 4.43. The average molecular weight is 320 g/mol. The van der Waals surface area contributed by atoms with Crippen LogP contribution in [-0.2, 0) is 11.2 Å².